The van der Waals surface area contributed by atoms with E-state index in [1.807, 2.05) is 30.5 Å². The van der Waals surface area contributed by atoms with E-state index in [9.17, 15) is 0 Å². The molecule has 8 aromatic carbocycles. The first-order valence-electron chi connectivity index (χ1n) is 16.7. The lowest BCUT2D eigenvalue weighted by molar-refractivity contribution is 1.18. The molecule has 3 heteroatoms. The van der Waals surface area contributed by atoms with Crippen molar-refractivity contribution in [3.63, 3.8) is 0 Å². The lowest BCUT2D eigenvalue weighted by Crippen LogP contribution is -1.94. The van der Waals surface area contributed by atoms with E-state index in [1.165, 1.54) is 65.3 Å². The number of aromatic nitrogens is 3. The molecule has 10 rings (SSSR count). The number of fused-ring (bicyclic) bond motifs is 9. The molecule has 3 nitrogen and oxygen atoms in total. The molecule has 0 spiro atoms. The van der Waals surface area contributed by atoms with Gasteiger partial charge in [-0.2, -0.15) is 0 Å². The van der Waals surface area contributed by atoms with Crippen LogP contribution in [0.5, 0.6) is 0 Å². The molecule has 0 aliphatic carbocycles. The Morgan fingerprint density at radius 3 is 1.82 bits per heavy atom. The van der Waals surface area contributed by atoms with Crippen LogP contribution in [0, 0.1) is 0 Å². The summed E-state index contributed by atoms with van der Waals surface area (Å²) >= 11 is 0. The van der Waals surface area contributed by atoms with Crippen molar-refractivity contribution in [3.05, 3.63) is 176 Å². The summed E-state index contributed by atoms with van der Waals surface area (Å²) in [5.41, 5.74) is 8.99. The highest BCUT2D eigenvalue weighted by Crippen LogP contribution is 2.42. The van der Waals surface area contributed by atoms with Crippen LogP contribution in [0.15, 0.2) is 176 Å². The molecule has 2 aromatic heterocycles. The Morgan fingerprint density at radius 1 is 0.388 bits per heavy atom. The van der Waals surface area contributed by atoms with E-state index in [4.69, 9.17) is 4.98 Å². The van der Waals surface area contributed by atoms with Gasteiger partial charge in [-0.3, -0.25) is 0 Å². The average Bonchev–Trinajstić information content (AvgIpc) is 3.52. The third kappa shape index (κ3) is 4.37. The smallest absolute Gasteiger partial charge is 0.159 e. The van der Waals surface area contributed by atoms with Gasteiger partial charge in [-0.15, -0.1) is 0 Å². The van der Waals surface area contributed by atoms with Crippen LogP contribution in [0.3, 0.4) is 0 Å². The molecule has 0 aliphatic rings. The molecule has 0 radical (unpaired) electrons. The van der Waals surface area contributed by atoms with Crippen molar-refractivity contribution in [2.45, 2.75) is 0 Å². The number of para-hydroxylation sites is 2. The largest absolute Gasteiger partial charge is 0.309 e. The Kier molecular flexibility index (Phi) is 6.18. The number of hydrogen-bond acceptors (Lipinski definition) is 2. The fourth-order valence-corrected chi connectivity index (χ4v) is 7.64. The van der Waals surface area contributed by atoms with E-state index in [1.54, 1.807) is 0 Å². The Labute approximate surface area is 283 Å². The quantitative estimate of drug-likeness (QED) is 0.183. The third-order valence-electron chi connectivity index (χ3n) is 9.85. The summed E-state index contributed by atoms with van der Waals surface area (Å²) in [6, 6.07) is 60.8. The second kappa shape index (κ2) is 11.0. The zero-order chi connectivity index (χ0) is 32.3. The Balaban J connectivity index is 1.21. The van der Waals surface area contributed by atoms with Crippen LogP contribution in [0.1, 0.15) is 0 Å². The minimum absolute atomic E-state index is 0.728. The average molecular weight is 624 g/mol. The van der Waals surface area contributed by atoms with Gasteiger partial charge in [0, 0.05) is 33.8 Å². The first kappa shape index (κ1) is 27.5. The Morgan fingerprint density at radius 2 is 1.00 bits per heavy atom. The molecule has 0 aliphatic heterocycles. The fourth-order valence-electron chi connectivity index (χ4n) is 7.64. The highest BCUT2D eigenvalue weighted by Gasteiger charge is 2.17. The molecule has 0 saturated carbocycles. The predicted molar refractivity (Wildman–Crippen MR) is 205 cm³/mol. The lowest BCUT2D eigenvalue weighted by Gasteiger charge is -2.15. The molecule has 0 bridgehead atoms. The number of benzene rings is 8. The summed E-state index contributed by atoms with van der Waals surface area (Å²) in [7, 11) is 0. The van der Waals surface area contributed by atoms with E-state index in [0.717, 1.165) is 28.3 Å². The molecule has 10 aromatic rings. The summed E-state index contributed by atoms with van der Waals surface area (Å²) in [5, 5.41) is 9.88. The fraction of sp³-hybridized carbons (Fsp3) is 0. The monoisotopic (exact) mass is 623 g/mol. The van der Waals surface area contributed by atoms with E-state index in [0.29, 0.717) is 0 Å². The summed E-state index contributed by atoms with van der Waals surface area (Å²) in [5.74, 6) is 0.728. The molecule has 0 fully saturated rings. The van der Waals surface area contributed by atoms with Crippen molar-refractivity contribution in [1.82, 2.24) is 14.5 Å². The predicted octanol–water partition coefficient (Wildman–Crippen LogP) is 12.0. The molecular weight excluding hydrogens is 595 g/mol. The first-order chi connectivity index (χ1) is 24.3. The number of hydrogen-bond donors (Lipinski definition) is 0. The van der Waals surface area contributed by atoms with Crippen LogP contribution in [0.4, 0.5) is 0 Å². The summed E-state index contributed by atoms with van der Waals surface area (Å²) in [6.45, 7) is 0. The summed E-state index contributed by atoms with van der Waals surface area (Å²) in [6.07, 6.45) is 1.87. The standard InChI is InChI=1S/C46H29N3/c1-3-12-30(13-4-1)46-47-27-26-42(48-46)40-20-11-19-38-34-16-7-8-17-35(34)41-28-31(23-25-39(41)45(38)40)32-22-24-37-36-18-9-10-21-43(36)49(44(37)29-32)33-14-5-2-6-15-33/h1-29H. The summed E-state index contributed by atoms with van der Waals surface area (Å²) in [4.78, 5) is 9.70. The molecular formula is C46H29N3. The van der Waals surface area contributed by atoms with Gasteiger partial charge in [0.05, 0.1) is 16.7 Å². The second-order valence-corrected chi connectivity index (χ2v) is 12.6. The van der Waals surface area contributed by atoms with Gasteiger partial charge in [0.15, 0.2) is 5.82 Å². The van der Waals surface area contributed by atoms with Crippen LogP contribution in [0.25, 0.3) is 93.6 Å². The van der Waals surface area contributed by atoms with Crippen molar-refractivity contribution in [3.8, 4) is 39.5 Å². The van der Waals surface area contributed by atoms with Gasteiger partial charge >= 0.3 is 0 Å². The normalized spacial score (nSPS) is 11.7. The minimum Gasteiger partial charge on any atom is -0.309 e. The van der Waals surface area contributed by atoms with Crippen molar-refractivity contribution in [2.75, 3.05) is 0 Å². The molecule has 0 N–H and O–H groups in total. The molecule has 0 amide bonds. The van der Waals surface area contributed by atoms with Gasteiger partial charge in [-0.05, 0) is 79.8 Å². The maximum atomic E-state index is 5.08. The van der Waals surface area contributed by atoms with Crippen molar-refractivity contribution < 1.29 is 0 Å². The molecule has 0 saturated heterocycles. The topological polar surface area (TPSA) is 30.7 Å². The van der Waals surface area contributed by atoms with Crippen LogP contribution in [-0.2, 0) is 0 Å². The molecule has 228 valence electrons. The summed E-state index contributed by atoms with van der Waals surface area (Å²) < 4.78 is 2.38. The van der Waals surface area contributed by atoms with Crippen LogP contribution in [0.2, 0.25) is 0 Å². The zero-order valence-electron chi connectivity index (χ0n) is 26.6. The van der Waals surface area contributed by atoms with Gasteiger partial charge in [-0.1, -0.05) is 133 Å². The SMILES string of the molecule is c1ccc(-c2nccc(-c3cccc4c5ccccc5c5cc(-c6ccc7c8ccccc8n(-c8ccccc8)c7c6)ccc5c34)n2)cc1. The van der Waals surface area contributed by atoms with E-state index >= 15 is 0 Å². The highest BCUT2D eigenvalue weighted by atomic mass is 15.0. The maximum absolute atomic E-state index is 5.08. The van der Waals surface area contributed by atoms with Crippen LogP contribution >= 0.6 is 0 Å². The number of nitrogens with zero attached hydrogens (tertiary/aromatic N) is 3. The van der Waals surface area contributed by atoms with E-state index in [2.05, 4.69) is 155 Å². The molecule has 0 unspecified atom stereocenters. The van der Waals surface area contributed by atoms with E-state index in [-0.39, 0.29) is 0 Å². The van der Waals surface area contributed by atoms with Crippen molar-refractivity contribution in [2.24, 2.45) is 0 Å². The van der Waals surface area contributed by atoms with Crippen molar-refractivity contribution >= 4 is 54.1 Å². The molecule has 2 heterocycles. The maximum Gasteiger partial charge on any atom is 0.159 e. The van der Waals surface area contributed by atoms with Crippen LogP contribution < -0.4 is 0 Å². The van der Waals surface area contributed by atoms with E-state index < -0.39 is 0 Å². The Bertz CT molecular complexity index is 2870. The second-order valence-electron chi connectivity index (χ2n) is 12.6. The highest BCUT2D eigenvalue weighted by molar-refractivity contribution is 6.28. The Hall–Kier alpha value is -6.58. The van der Waals surface area contributed by atoms with Gasteiger partial charge in [0.2, 0.25) is 0 Å². The zero-order valence-corrected chi connectivity index (χ0v) is 26.6. The number of rotatable bonds is 4. The lowest BCUT2D eigenvalue weighted by atomic mass is 9.89. The van der Waals surface area contributed by atoms with Crippen LogP contribution in [-0.4, -0.2) is 14.5 Å². The first-order valence-corrected chi connectivity index (χ1v) is 16.7. The molecule has 0 atom stereocenters. The third-order valence-corrected chi connectivity index (χ3v) is 9.85. The van der Waals surface area contributed by atoms with Gasteiger partial charge in [0.25, 0.3) is 0 Å². The minimum atomic E-state index is 0.728. The van der Waals surface area contributed by atoms with Gasteiger partial charge in [0.1, 0.15) is 0 Å². The van der Waals surface area contributed by atoms with Gasteiger partial charge < -0.3 is 4.57 Å². The van der Waals surface area contributed by atoms with Gasteiger partial charge in [-0.25, -0.2) is 9.97 Å². The molecule has 49 heavy (non-hydrogen) atoms. The van der Waals surface area contributed by atoms with Crippen molar-refractivity contribution in [1.29, 1.82) is 0 Å².